The average Bonchev–Trinajstić information content (AvgIpc) is 2.50. The molecule has 0 fully saturated rings. The number of halogens is 1. The Balaban J connectivity index is 2.20. The minimum Gasteiger partial charge on any atom is -0.505 e. The van der Waals surface area contributed by atoms with E-state index in [9.17, 15) is 14.3 Å². The van der Waals surface area contributed by atoms with E-state index in [2.05, 4.69) is 4.98 Å². The number of nitrogens with two attached hydrogens (primary N) is 1. The Morgan fingerprint density at radius 2 is 1.86 bits per heavy atom. The van der Waals surface area contributed by atoms with Gasteiger partial charge in [0.25, 0.3) is 5.91 Å². The predicted octanol–water partition coefficient (Wildman–Crippen LogP) is 2.97. The van der Waals surface area contributed by atoms with Gasteiger partial charge in [-0.3, -0.25) is 4.79 Å². The van der Waals surface area contributed by atoms with Crippen LogP contribution in [0.4, 0.5) is 4.39 Å². The van der Waals surface area contributed by atoms with Gasteiger partial charge in [0.2, 0.25) is 5.88 Å². The number of aromatic hydroxyl groups is 1. The van der Waals surface area contributed by atoms with Crippen LogP contribution < -0.4 is 10.5 Å². The lowest BCUT2D eigenvalue weighted by atomic mass is 10.1. The van der Waals surface area contributed by atoms with E-state index in [1.54, 1.807) is 30.3 Å². The molecule has 1 aromatic heterocycles. The number of fused-ring (bicyclic) bond motifs is 1. The third-order valence-corrected chi connectivity index (χ3v) is 3.09. The smallest absolute Gasteiger partial charge is 0.271 e. The third kappa shape index (κ3) is 2.42. The second-order valence-corrected chi connectivity index (χ2v) is 4.58. The zero-order valence-corrected chi connectivity index (χ0v) is 11.3. The van der Waals surface area contributed by atoms with Crippen LogP contribution >= 0.6 is 0 Å². The first-order valence-electron chi connectivity index (χ1n) is 6.41. The van der Waals surface area contributed by atoms with Crippen molar-refractivity contribution in [3.05, 3.63) is 60.0 Å². The third-order valence-electron chi connectivity index (χ3n) is 3.09. The second-order valence-electron chi connectivity index (χ2n) is 4.58. The molecule has 0 aliphatic rings. The average molecular weight is 298 g/mol. The molecule has 110 valence electrons. The molecule has 0 bridgehead atoms. The normalized spacial score (nSPS) is 10.6. The van der Waals surface area contributed by atoms with Crippen LogP contribution in [0.5, 0.6) is 17.4 Å². The zero-order chi connectivity index (χ0) is 15.7. The van der Waals surface area contributed by atoms with Crippen LogP contribution in [0, 0.1) is 5.82 Å². The molecule has 0 saturated carbocycles. The molecule has 5 nitrogen and oxygen atoms in total. The number of carbonyl (C=O) groups is 1. The van der Waals surface area contributed by atoms with Crippen molar-refractivity contribution in [1.29, 1.82) is 0 Å². The fourth-order valence-electron chi connectivity index (χ4n) is 2.11. The summed E-state index contributed by atoms with van der Waals surface area (Å²) >= 11 is 0. The highest BCUT2D eigenvalue weighted by molar-refractivity contribution is 6.02. The Hall–Kier alpha value is -3.15. The van der Waals surface area contributed by atoms with E-state index in [1.165, 1.54) is 18.2 Å². The maximum Gasteiger partial charge on any atom is 0.271 e. The Bertz CT molecular complexity index is 880. The molecule has 3 rings (SSSR count). The molecule has 6 heteroatoms. The largest absolute Gasteiger partial charge is 0.505 e. The summed E-state index contributed by atoms with van der Waals surface area (Å²) < 4.78 is 18.8. The number of hydrogen-bond donors (Lipinski definition) is 2. The van der Waals surface area contributed by atoms with Crippen molar-refractivity contribution in [1.82, 2.24) is 4.98 Å². The van der Waals surface area contributed by atoms with E-state index in [0.717, 1.165) is 0 Å². The number of amides is 1. The first-order valence-corrected chi connectivity index (χ1v) is 6.41. The Morgan fingerprint density at radius 3 is 2.55 bits per heavy atom. The number of carbonyl (C=O) groups excluding carboxylic acids is 1. The maximum absolute atomic E-state index is 13.2. The lowest BCUT2D eigenvalue weighted by Gasteiger charge is -2.11. The molecule has 2 aromatic carbocycles. The summed E-state index contributed by atoms with van der Waals surface area (Å²) in [6, 6.07) is 12.2. The van der Waals surface area contributed by atoms with Crippen molar-refractivity contribution < 1.29 is 19.0 Å². The summed E-state index contributed by atoms with van der Waals surface area (Å²) in [6.07, 6.45) is 0. The minimum atomic E-state index is -0.882. The fraction of sp³-hybridized carbons (Fsp3) is 0. The summed E-state index contributed by atoms with van der Waals surface area (Å²) in [4.78, 5) is 15.4. The van der Waals surface area contributed by atoms with E-state index >= 15 is 0 Å². The molecule has 0 aliphatic heterocycles. The zero-order valence-electron chi connectivity index (χ0n) is 11.3. The van der Waals surface area contributed by atoms with E-state index in [-0.39, 0.29) is 23.1 Å². The summed E-state index contributed by atoms with van der Waals surface area (Å²) in [6.45, 7) is 0. The molecule has 0 radical (unpaired) electrons. The van der Waals surface area contributed by atoms with E-state index < -0.39 is 11.7 Å². The molecular formula is C16H11FN2O3. The van der Waals surface area contributed by atoms with Crippen LogP contribution in [0.15, 0.2) is 48.5 Å². The van der Waals surface area contributed by atoms with E-state index in [0.29, 0.717) is 10.8 Å². The molecule has 0 aliphatic carbocycles. The molecule has 0 unspecified atom stereocenters. The molecule has 1 heterocycles. The molecule has 1 amide bonds. The Kier molecular flexibility index (Phi) is 3.34. The van der Waals surface area contributed by atoms with Gasteiger partial charge < -0.3 is 15.6 Å². The number of ether oxygens (including phenoxy) is 1. The SMILES string of the molecule is NC(=O)c1nc(Oc2cccc(F)c2)c2ccccc2c1O. The Labute approximate surface area is 124 Å². The van der Waals surface area contributed by atoms with Crippen LogP contribution in [0.2, 0.25) is 0 Å². The van der Waals surface area contributed by atoms with Crippen molar-refractivity contribution in [2.75, 3.05) is 0 Å². The van der Waals surface area contributed by atoms with Crippen LogP contribution in [0.25, 0.3) is 10.8 Å². The highest BCUT2D eigenvalue weighted by Gasteiger charge is 2.18. The van der Waals surface area contributed by atoms with Crippen molar-refractivity contribution in [3.63, 3.8) is 0 Å². The molecule has 0 atom stereocenters. The van der Waals surface area contributed by atoms with Crippen LogP contribution in [0.1, 0.15) is 10.5 Å². The lowest BCUT2D eigenvalue weighted by Crippen LogP contribution is -2.14. The second kappa shape index (κ2) is 5.33. The van der Waals surface area contributed by atoms with Crippen LogP contribution in [-0.4, -0.2) is 16.0 Å². The number of pyridine rings is 1. The van der Waals surface area contributed by atoms with Crippen LogP contribution in [-0.2, 0) is 0 Å². The monoisotopic (exact) mass is 298 g/mol. The Morgan fingerprint density at radius 1 is 1.14 bits per heavy atom. The molecule has 22 heavy (non-hydrogen) atoms. The number of hydrogen-bond acceptors (Lipinski definition) is 4. The van der Waals surface area contributed by atoms with Crippen molar-refractivity contribution in [2.45, 2.75) is 0 Å². The topological polar surface area (TPSA) is 85.4 Å². The number of nitrogens with zero attached hydrogens (tertiary/aromatic N) is 1. The van der Waals surface area contributed by atoms with Gasteiger partial charge in [-0.15, -0.1) is 0 Å². The van der Waals surface area contributed by atoms with Gasteiger partial charge in [0, 0.05) is 16.8 Å². The summed E-state index contributed by atoms with van der Waals surface area (Å²) in [7, 11) is 0. The van der Waals surface area contributed by atoms with Crippen molar-refractivity contribution >= 4 is 16.7 Å². The highest BCUT2D eigenvalue weighted by atomic mass is 19.1. The first kappa shape index (κ1) is 13.8. The van der Waals surface area contributed by atoms with E-state index in [4.69, 9.17) is 10.5 Å². The van der Waals surface area contributed by atoms with Gasteiger partial charge in [0.1, 0.15) is 11.6 Å². The molecule has 3 aromatic rings. The lowest BCUT2D eigenvalue weighted by molar-refractivity contribution is 0.0992. The van der Waals surface area contributed by atoms with Gasteiger partial charge in [0.05, 0.1) is 0 Å². The maximum atomic E-state index is 13.2. The fourth-order valence-corrected chi connectivity index (χ4v) is 2.11. The number of rotatable bonds is 3. The quantitative estimate of drug-likeness (QED) is 0.778. The van der Waals surface area contributed by atoms with Crippen molar-refractivity contribution in [3.8, 4) is 17.4 Å². The van der Waals surface area contributed by atoms with Gasteiger partial charge in [-0.05, 0) is 18.2 Å². The standard InChI is InChI=1S/C16H11FN2O3/c17-9-4-3-5-10(8-9)22-16-12-7-2-1-6-11(12)14(20)13(19-16)15(18)21/h1-8,20H,(H2,18,21). The molecular weight excluding hydrogens is 287 g/mol. The van der Waals surface area contributed by atoms with Gasteiger partial charge in [-0.25, -0.2) is 9.37 Å². The number of benzene rings is 2. The summed E-state index contributed by atoms with van der Waals surface area (Å²) in [5.74, 6) is -1.37. The summed E-state index contributed by atoms with van der Waals surface area (Å²) in [5, 5.41) is 10.9. The first-order chi connectivity index (χ1) is 10.6. The van der Waals surface area contributed by atoms with Crippen molar-refractivity contribution in [2.24, 2.45) is 5.73 Å². The molecule has 3 N–H and O–H groups in total. The van der Waals surface area contributed by atoms with Gasteiger partial charge >= 0.3 is 0 Å². The van der Waals surface area contributed by atoms with Crippen LogP contribution in [0.3, 0.4) is 0 Å². The van der Waals surface area contributed by atoms with Gasteiger partial charge in [0.15, 0.2) is 11.4 Å². The minimum absolute atomic E-state index is 0.0628. The van der Waals surface area contributed by atoms with Gasteiger partial charge in [-0.2, -0.15) is 0 Å². The molecule has 0 spiro atoms. The molecule has 0 saturated heterocycles. The predicted molar refractivity (Wildman–Crippen MR) is 78.4 cm³/mol. The summed E-state index contributed by atoms with van der Waals surface area (Å²) in [5.41, 5.74) is 4.91. The van der Waals surface area contributed by atoms with E-state index in [1.807, 2.05) is 0 Å². The van der Waals surface area contributed by atoms with Gasteiger partial charge in [-0.1, -0.05) is 24.3 Å². The number of aromatic nitrogens is 1. The highest BCUT2D eigenvalue weighted by Crippen LogP contribution is 2.35. The number of primary amides is 1.